The van der Waals surface area contributed by atoms with E-state index in [4.69, 9.17) is 11.6 Å². The van der Waals surface area contributed by atoms with Gasteiger partial charge in [-0.2, -0.15) is 8.42 Å². The van der Waals surface area contributed by atoms with E-state index in [0.29, 0.717) is 10.6 Å². The third-order valence-corrected chi connectivity index (χ3v) is 3.09. The second-order valence-corrected chi connectivity index (χ2v) is 4.60. The number of rotatable bonds is 3. The lowest BCUT2D eigenvalue weighted by molar-refractivity contribution is 0.397. The first-order valence-electron chi connectivity index (χ1n) is 3.57. The molecule has 0 radical (unpaired) electrons. The standard InChI is InChI=1S/C8H9ClO3S/c1-12-13(10,11)6-7-4-2-3-5-8(7)9/h2-5H,6H2,1H3. The summed E-state index contributed by atoms with van der Waals surface area (Å²) in [5.41, 5.74) is 0.547. The minimum absolute atomic E-state index is 0.191. The van der Waals surface area contributed by atoms with E-state index in [1.54, 1.807) is 24.3 Å². The van der Waals surface area contributed by atoms with E-state index >= 15 is 0 Å². The van der Waals surface area contributed by atoms with Crippen LogP contribution in [0.15, 0.2) is 24.3 Å². The Bertz CT molecular complexity index is 386. The fourth-order valence-corrected chi connectivity index (χ4v) is 1.90. The highest BCUT2D eigenvalue weighted by Gasteiger charge is 2.11. The quantitative estimate of drug-likeness (QED) is 0.730. The normalized spacial score (nSPS) is 11.5. The topological polar surface area (TPSA) is 43.4 Å². The van der Waals surface area contributed by atoms with Gasteiger partial charge in [0.1, 0.15) is 5.75 Å². The minimum Gasteiger partial charge on any atom is -0.273 e. The molecule has 5 heteroatoms. The van der Waals surface area contributed by atoms with Crippen molar-refractivity contribution < 1.29 is 12.6 Å². The van der Waals surface area contributed by atoms with Crippen LogP contribution in [0.2, 0.25) is 5.02 Å². The van der Waals surface area contributed by atoms with E-state index < -0.39 is 10.1 Å². The van der Waals surface area contributed by atoms with Crippen molar-refractivity contribution in [2.75, 3.05) is 7.11 Å². The van der Waals surface area contributed by atoms with E-state index in [9.17, 15) is 8.42 Å². The van der Waals surface area contributed by atoms with E-state index in [1.807, 2.05) is 0 Å². The summed E-state index contributed by atoms with van der Waals surface area (Å²) in [6.07, 6.45) is 0. The molecule has 0 aromatic heterocycles. The Morgan fingerprint density at radius 1 is 1.38 bits per heavy atom. The Morgan fingerprint density at radius 3 is 2.54 bits per heavy atom. The molecule has 0 saturated heterocycles. The van der Waals surface area contributed by atoms with Gasteiger partial charge in [-0.1, -0.05) is 29.8 Å². The molecule has 0 amide bonds. The fourth-order valence-electron chi connectivity index (χ4n) is 0.865. The van der Waals surface area contributed by atoms with Crippen molar-refractivity contribution in [2.24, 2.45) is 0 Å². The average Bonchev–Trinajstić information content (AvgIpc) is 2.09. The van der Waals surface area contributed by atoms with Crippen LogP contribution in [0.4, 0.5) is 0 Å². The van der Waals surface area contributed by atoms with Crippen LogP contribution in [-0.2, 0) is 20.1 Å². The number of hydrogen-bond acceptors (Lipinski definition) is 3. The zero-order valence-corrected chi connectivity index (χ0v) is 8.60. The Balaban J connectivity index is 2.93. The molecule has 3 nitrogen and oxygen atoms in total. The van der Waals surface area contributed by atoms with Crippen LogP contribution in [0.1, 0.15) is 5.56 Å². The van der Waals surface area contributed by atoms with Gasteiger partial charge in [-0.05, 0) is 11.6 Å². The first-order valence-corrected chi connectivity index (χ1v) is 5.52. The lowest BCUT2D eigenvalue weighted by atomic mass is 10.2. The van der Waals surface area contributed by atoms with E-state index in [0.717, 1.165) is 7.11 Å². The van der Waals surface area contributed by atoms with Crippen molar-refractivity contribution in [1.29, 1.82) is 0 Å². The van der Waals surface area contributed by atoms with Crippen LogP contribution in [0.3, 0.4) is 0 Å². The maximum Gasteiger partial charge on any atom is 0.271 e. The SMILES string of the molecule is COS(=O)(=O)Cc1ccccc1Cl. The van der Waals surface area contributed by atoms with E-state index in [1.165, 1.54) is 0 Å². The highest BCUT2D eigenvalue weighted by atomic mass is 35.5. The van der Waals surface area contributed by atoms with Crippen molar-refractivity contribution in [1.82, 2.24) is 0 Å². The first kappa shape index (κ1) is 10.5. The number of benzene rings is 1. The molecule has 0 spiro atoms. The number of halogens is 1. The Hall–Kier alpha value is -0.580. The fraction of sp³-hybridized carbons (Fsp3) is 0.250. The number of hydrogen-bond donors (Lipinski definition) is 0. The van der Waals surface area contributed by atoms with Crippen molar-refractivity contribution in [3.05, 3.63) is 34.9 Å². The smallest absolute Gasteiger partial charge is 0.271 e. The molecule has 1 aromatic rings. The Labute approximate surface area is 82.4 Å². The second-order valence-electron chi connectivity index (χ2n) is 2.46. The molecular formula is C8H9ClO3S. The van der Waals surface area contributed by atoms with Gasteiger partial charge in [0.25, 0.3) is 10.1 Å². The maximum atomic E-state index is 11.0. The van der Waals surface area contributed by atoms with Crippen LogP contribution in [0.25, 0.3) is 0 Å². The largest absolute Gasteiger partial charge is 0.273 e. The molecule has 0 aliphatic heterocycles. The van der Waals surface area contributed by atoms with Crippen LogP contribution in [0, 0.1) is 0 Å². The van der Waals surface area contributed by atoms with Crippen molar-refractivity contribution >= 4 is 21.7 Å². The molecule has 0 fully saturated rings. The lowest BCUT2D eigenvalue weighted by Gasteiger charge is -2.02. The summed E-state index contributed by atoms with van der Waals surface area (Å²) in [7, 11) is -2.35. The van der Waals surface area contributed by atoms with Crippen LogP contribution < -0.4 is 0 Å². The summed E-state index contributed by atoms with van der Waals surface area (Å²) in [6, 6.07) is 6.76. The summed E-state index contributed by atoms with van der Waals surface area (Å²) >= 11 is 5.77. The van der Waals surface area contributed by atoms with Crippen molar-refractivity contribution in [3.63, 3.8) is 0 Å². The van der Waals surface area contributed by atoms with Crippen LogP contribution in [-0.4, -0.2) is 15.5 Å². The maximum absolute atomic E-state index is 11.0. The van der Waals surface area contributed by atoms with Gasteiger partial charge in [0.2, 0.25) is 0 Å². The molecule has 1 aromatic carbocycles. The predicted octanol–water partition coefficient (Wildman–Crippen LogP) is 1.82. The van der Waals surface area contributed by atoms with Gasteiger partial charge in [0.15, 0.2) is 0 Å². The van der Waals surface area contributed by atoms with Gasteiger partial charge in [0, 0.05) is 5.02 Å². The summed E-state index contributed by atoms with van der Waals surface area (Å²) < 4.78 is 26.4. The van der Waals surface area contributed by atoms with Gasteiger partial charge < -0.3 is 0 Å². The molecule has 0 aliphatic rings. The first-order chi connectivity index (χ1) is 6.05. The van der Waals surface area contributed by atoms with Crippen LogP contribution in [0.5, 0.6) is 0 Å². The highest BCUT2D eigenvalue weighted by molar-refractivity contribution is 7.85. The second kappa shape index (κ2) is 4.09. The van der Waals surface area contributed by atoms with Crippen molar-refractivity contribution in [3.8, 4) is 0 Å². The average molecular weight is 221 g/mol. The van der Waals surface area contributed by atoms with Crippen LogP contribution >= 0.6 is 11.6 Å². The molecule has 0 aliphatic carbocycles. The third kappa shape index (κ3) is 2.99. The molecular weight excluding hydrogens is 212 g/mol. The van der Waals surface area contributed by atoms with Gasteiger partial charge in [0.05, 0.1) is 7.11 Å². The van der Waals surface area contributed by atoms with Gasteiger partial charge in [-0.3, -0.25) is 4.18 Å². The summed E-state index contributed by atoms with van der Waals surface area (Å²) in [5.74, 6) is -0.191. The van der Waals surface area contributed by atoms with E-state index in [-0.39, 0.29) is 5.75 Å². The lowest BCUT2D eigenvalue weighted by Crippen LogP contribution is -2.05. The highest BCUT2D eigenvalue weighted by Crippen LogP contribution is 2.17. The predicted molar refractivity (Wildman–Crippen MR) is 51.1 cm³/mol. The molecule has 1 rings (SSSR count). The molecule has 72 valence electrons. The van der Waals surface area contributed by atoms with Gasteiger partial charge in [-0.15, -0.1) is 0 Å². The summed E-state index contributed by atoms with van der Waals surface area (Å²) in [5, 5.41) is 0.433. The molecule has 0 bridgehead atoms. The zero-order chi connectivity index (χ0) is 9.90. The van der Waals surface area contributed by atoms with Crippen molar-refractivity contribution in [2.45, 2.75) is 5.75 Å². The molecule has 0 saturated carbocycles. The summed E-state index contributed by atoms with van der Waals surface area (Å²) in [6.45, 7) is 0. The monoisotopic (exact) mass is 220 g/mol. The molecule has 0 N–H and O–H groups in total. The molecule has 13 heavy (non-hydrogen) atoms. The Morgan fingerprint density at radius 2 is 2.00 bits per heavy atom. The molecule has 0 unspecified atom stereocenters. The van der Waals surface area contributed by atoms with Gasteiger partial charge >= 0.3 is 0 Å². The minimum atomic E-state index is -3.48. The molecule has 0 atom stereocenters. The zero-order valence-electron chi connectivity index (χ0n) is 7.03. The molecule has 0 heterocycles. The Kier molecular flexibility index (Phi) is 3.30. The third-order valence-electron chi connectivity index (χ3n) is 1.54. The summed E-state index contributed by atoms with van der Waals surface area (Å²) in [4.78, 5) is 0. The van der Waals surface area contributed by atoms with E-state index in [2.05, 4.69) is 4.18 Å². The van der Waals surface area contributed by atoms with Gasteiger partial charge in [-0.25, -0.2) is 0 Å².